The smallest absolute Gasteiger partial charge is 0.191 e. The van der Waals surface area contributed by atoms with Gasteiger partial charge in [-0.25, -0.2) is 4.99 Å². The Balaban J connectivity index is 1.73. The topological polar surface area (TPSA) is 84.3 Å². The van der Waals surface area contributed by atoms with Crippen molar-refractivity contribution < 1.29 is 19.3 Å². The first-order chi connectivity index (χ1) is 15.1. The third-order valence-corrected chi connectivity index (χ3v) is 5.35. The predicted octanol–water partition coefficient (Wildman–Crippen LogP) is 3.99. The van der Waals surface area contributed by atoms with Crippen LogP contribution in [-0.2, 0) is 13.1 Å². The highest BCUT2D eigenvalue weighted by atomic mass is 16.5. The minimum absolute atomic E-state index is 0.195. The highest BCUT2D eigenvalue weighted by Crippen LogP contribution is 2.34. The molecule has 0 bridgehead atoms. The summed E-state index contributed by atoms with van der Waals surface area (Å²) in [4.78, 5) is 4.62. The number of phenols is 1. The van der Waals surface area contributed by atoms with Crippen LogP contribution in [0.3, 0.4) is 0 Å². The number of rotatable bonds is 9. The molecule has 0 unspecified atom stereocenters. The van der Waals surface area contributed by atoms with Crippen LogP contribution in [0.5, 0.6) is 23.0 Å². The van der Waals surface area contributed by atoms with Gasteiger partial charge in [-0.15, -0.1) is 0 Å². The number of hydrogen-bond acceptors (Lipinski definition) is 5. The second kappa shape index (κ2) is 11.3. The van der Waals surface area contributed by atoms with Crippen molar-refractivity contribution in [2.24, 2.45) is 4.99 Å². The van der Waals surface area contributed by atoms with Crippen LogP contribution in [0.4, 0.5) is 0 Å². The molecule has 1 saturated carbocycles. The highest BCUT2D eigenvalue weighted by Gasteiger charge is 2.20. The summed E-state index contributed by atoms with van der Waals surface area (Å²) < 4.78 is 17.1. The Labute approximate surface area is 184 Å². The van der Waals surface area contributed by atoms with Crippen molar-refractivity contribution >= 4 is 5.96 Å². The summed E-state index contributed by atoms with van der Waals surface area (Å²) >= 11 is 0. The number of nitrogens with zero attached hydrogens (tertiary/aromatic N) is 1. The van der Waals surface area contributed by atoms with E-state index in [0.29, 0.717) is 30.4 Å². The summed E-state index contributed by atoms with van der Waals surface area (Å²) in [7, 11) is 3.27. The van der Waals surface area contributed by atoms with E-state index in [0.717, 1.165) is 36.4 Å². The van der Waals surface area contributed by atoms with Crippen molar-refractivity contribution in [3.8, 4) is 23.0 Å². The largest absolute Gasteiger partial charge is 0.508 e. The second-order valence-corrected chi connectivity index (χ2v) is 7.52. The van der Waals surface area contributed by atoms with E-state index in [2.05, 4.69) is 15.6 Å². The van der Waals surface area contributed by atoms with E-state index in [1.165, 1.54) is 12.8 Å². The van der Waals surface area contributed by atoms with Crippen LogP contribution in [0.15, 0.2) is 41.4 Å². The van der Waals surface area contributed by atoms with Gasteiger partial charge in [0, 0.05) is 24.2 Å². The second-order valence-electron chi connectivity index (χ2n) is 7.52. The van der Waals surface area contributed by atoms with Crippen molar-refractivity contribution in [3.63, 3.8) is 0 Å². The van der Waals surface area contributed by atoms with Gasteiger partial charge in [0.1, 0.15) is 11.5 Å². The van der Waals surface area contributed by atoms with Gasteiger partial charge in [0.05, 0.1) is 26.9 Å². The van der Waals surface area contributed by atoms with Gasteiger partial charge in [-0.1, -0.05) is 12.1 Å². The Bertz CT molecular complexity index is 879. The first-order valence-corrected chi connectivity index (χ1v) is 10.8. The molecule has 2 aromatic rings. The van der Waals surface area contributed by atoms with Gasteiger partial charge in [0.2, 0.25) is 0 Å². The van der Waals surface area contributed by atoms with Crippen LogP contribution in [0.25, 0.3) is 0 Å². The van der Waals surface area contributed by atoms with Gasteiger partial charge in [0.15, 0.2) is 17.5 Å². The van der Waals surface area contributed by atoms with E-state index < -0.39 is 0 Å². The molecule has 0 aliphatic heterocycles. The zero-order valence-corrected chi connectivity index (χ0v) is 18.6. The number of ether oxygens (including phenoxy) is 3. The summed E-state index contributed by atoms with van der Waals surface area (Å²) in [6.45, 7) is 3.59. The van der Waals surface area contributed by atoms with Gasteiger partial charge in [0.25, 0.3) is 0 Å². The van der Waals surface area contributed by atoms with Crippen molar-refractivity contribution in [1.82, 2.24) is 10.6 Å². The fourth-order valence-corrected chi connectivity index (χ4v) is 3.67. The molecule has 0 spiro atoms. The van der Waals surface area contributed by atoms with Crippen molar-refractivity contribution in [2.45, 2.75) is 51.8 Å². The Kier molecular flexibility index (Phi) is 8.27. The quantitative estimate of drug-likeness (QED) is 0.415. The molecular weight excluding hydrogens is 394 g/mol. The van der Waals surface area contributed by atoms with Crippen LogP contribution in [0.1, 0.15) is 43.7 Å². The molecule has 7 nitrogen and oxygen atoms in total. The summed E-state index contributed by atoms with van der Waals surface area (Å²) in [5.41, 5.74) is 1.71. The highest BCUT2D eigenvalue weighted by molar-refractivity contribution is 5.79. The molecule has 1 aliphatic carbocycles. The lowest BCUT2D eigenvalue weighted by Gasteiger charge is -2.20. The predicted molar refractivity (Wildman–Crippen MR) is 122 cm³/mol. The Hall–Kier alpha value is -3.09. The van der Waals surface area contributed by atoms with Crippen LogP contribution in [0, 0.1) is 0 Å². The first kappa shape index (κ1) is 22.6. The number of aromatic hydroxyl groups is 1. The number of guanidine groups is 1. The number of nitrogens with one attached hydrogen (secondary N) is 2. The van der Waals surface area contributed by atoms with E-state index in [9.17, 15) is 5.11 Å². The third-order valence-electron chi connectivity index (χ3n) is 5.35. The molecule has 0 aromatic heterocycles. The molecular formula is C24H33N3O4. The monoisotopic (exact) mass is 427 g/mol. The molecule has 0 amide bonds. The maximum Gasteiger partial charge on any atom is 0.191 e. The van der Waals surface area contributed by atoms with Crippen molar-refractivity contribution in [1.29, 1.82) is 0 Å². The molecule has 31 heavy (non-hydrogen) atoms. The molecule has 3 N–H and O–H groups in total. The van der Waals surface area contributed by atoms with Crippen molar-refractivity contribution in [3.05, 3.63) is 47.5 Å². The Morgan fingerprint density at radius 3 is 2.58 bits per heavy atom. The molecule has 3 rings (SSSR count). The molecule has 1 fully saturated rings. The van der Waals surface area contributed by atoms with Gasteiger partial charge in [-0.2, -0.15) is 0 Å². The Morgan fingerprint density at radius 1 is 1.06 bits per heavy atom. The zero-order chi connectivity index (χ0) is 22.1. The fraction of sp³-hybridized carbons (Fsp3) is 0.458. The summed E-state index contributed by atoms with van der Waals surface area (Å²) in [6, 6.07) is 11.1. The molecule has 0 atom stereocenters. The van der Waals surface area contributed by atoms with Crippen LogP contribution < -0.4 is 24.8 Å². The minimum atomic E-state index is 0.195. The average Bonchev–Trinajstić information content (AvgIpc) is 3.30. The normalized spacial score (nSPS) is 14.4. The summed E-state index contributed by atoms with van der Waals surface area (Å²) in [6.07, 6.45) is 4.83. The summed E-state index contributed by atoms with van der Waals surface area (Å²) in [5.74, 6) is 3.07. The Morgan fingerprint density at radius 2 is 1.87 bits per heavy atom. The van der Waals surface area contributed by atoms with Crippen LogP contribution in [-0.4, -0.2) is 37.9 Å². The number of methoxy groups -OCH3 is 2. The third kappa shape index (κ3) is 6.20. The van der Waals surface area contributed by atoms with Gasteiger partial charge in [-0.05, 0) is 56.9 Å². The molecule has 0 saturated heterocycles. The molecule has 0 radical (unpaired) electrons. The molecule has 7 heteroatoms. The SMILES string of the molecule is CCNC(=NCc1cc(OC)ccc1O)NCc1cccc(OC)c1OC1CCCC1. The lowest BCUT2D eigenvalue weighted by molar-refractivity contribution is 0.198. The lowest BCUT2D eigenvalue weighted by Crippen LogP contribution is -2.37. The minimum Gasteiger partial charge on any atom is -0.508 e. The van der Waals surface area contributed by atoms with E-state index in [1.54, 1.807) is 32.4 Å². The summed E-state index contributed by atoms with van der Waals surface area (Å²) in [5, 5.41) is 16.7. The molecule has 0 heterocycles. The standard InChI is InChI=1S/C24H33N3O4/c1-4-25-24(27-16-18-14-20(29-2)12-13-21(18)28)26-15-17-8-7-11-22(30-3)23(17)31-19-9-5-6-10-19/h7-8,11-14,19,28H,4-6,9-10,15-16H2,1-3H3,(H2,25,26,27). The number of aliphatic imine (C=N–C) groups is 1. The maximum absolute atomic E-state index is 10.1. The maximum atomic E-state index is 10.1. The number of para-hydroxylation sites is 1. The number of benzene rings is 2. The van der Waals surface area contributed by atoms with Crippen molar-refractivity contribution in [2.75, 3.05) is 20.8 Å². The molecule has 168 valence electrons. The van der Waals surface area contributed by atoms with Gasteiger partial charge < -0.3 is 30.0 Å². The number of hydrogen-bond donors (Lipinski definition) is 3. The van der Waals surface area contributed by atoms with Crippen LogP contribution >= 0.6 is 0 Å². The van der Waals surface area contributed by atoms with Gasteiger partial charge in [-0.3, -0.25) is 0 Å². The van der Waals surface area contributed by atoms with Crippen LogP contribution in [0.2, 0.25) is 0 Å². The fourth-order valence-electron chi connectivity index (χ4n) is 3.67. The molecule has 1 aliphatic rings. The lowest BCUT2D eigenvalue weighted by atomic mass is 10.1. The van der Waals surface area contributed by atoms with E-state index in [4.69, 9.17) is 14.2 Å². The zero-order valence-electron chi connectivity index (χ0n) is 18.6. The van der Waals surface area contributed by atoms with E-state index >= 15 is 0 Å². The van der Waals surface area contributed by atoms with Gasteiger partial charge >= 0.3 is 0 Å². The van der Waals surface area contributed by atoms with E-state index in [-0.39, 0.29) is 11.9 Å². The molecule has 2 aromatic carbocycles. The first-order valence-electron chi connectivity index (χ1n) is 10.8. The number of phenolic OH excluding ortho intramolecular Hbond substituents is 1. The van der Waals surface area contributed by atoms with E-state index in [1.807, 2.05) is 25.1 Å². The average molecular weight is 428 g/mol.